The molecule has 0 aromatic heterocycles. The molecule has 0 bridgehead atoms. The van der Waals surface area contributed by atoms with E-state index >= 15 is 0 Å². The number of anilines is 3. The highest BCUT2D eigenvalue weighted by molar-refractivity contribution is 6.08. The molecular formula is C21H25N3O3. The van der Waals surface area contributed by atoms with E-state index in [0.717, 1.165) is 11.4 Å². The molecule has 3 rings (SSSR count). The number of nitrogens with one attached hydrogen (secondary N) is 3. The van der Waals surface area contributed by atoms with Crippen molar-refractivity contribution < 1.29 is 14.7 Å². The molecule has 1 heterocycles. The summed E-state index contributed by atoms with van der Waals surface area (Å²) in [5.74, 6) is -1.68. The second-order valence-electron chi connectivity index (χ2n) is 7.27. The third-order valence-corrected chi connectivity index (χ3v) is 4.59. The summed E-state index contributed by atoms with van der Waals surface area (Å²) in [5.41, 5.74) is 2.43. The zero-order chi connectivity index (χ0) is 19.4. The Morgan fingerprint density at radius 2 is 1.63 bits per heavy atom. The number of rotatable bonds is 6. The van der Waals surface area contributed by atoms with Crippen molar-refractivity contribution in [1.82, 2.24) is 5.32 Å². The molecule has 0 spiro atoms. The fourth-order valence-electron chi connectivity index (χ4n) is 3.27. The highest BCUT2D eigenvalue weighted by Gasteiger charge is 2.45. The summed E-state index contributed by atoms with van der Waals surface area (Å²) in [6, 6.07) is 16.6. The highest BCUT2D eigenvalue weighted by atomic mass is 16.3. The van der Waals surface area contributed by atoms with Crippen LogP contribution in [-0.4, -0.2) is 29.1 Å². The zero-order valence-electron chi connectivity index (χ0n) is 15.5. The number of benzene rings is 2. The van der Waals surface area contributed by atoms with Crippen LogP contribution in [0.5, 0.6) is 0 Å². The third kappa shape index (κ3) is 4.65. The van der Waals surface area contributed by atoms with E-state index in [0.29, 0.717) is 18.0 Å². The van der Waals surface area contributed by atoms with Crippen LogP contribution < -0.4 is 16.0 Å². The van der Waals surface area contributed by atoms with E-state index < -0.39 is 23.8 Å². The first-order valence-electron chi connectivity index (χ1n) is 9.15. The third-order valence-electron chi connectivity index (χ3n) is 4.59. The second-order valence-corrected chi connectivity index (χ2v) is 7.27. The van der Waals surface area contributed by atoms with Gasteiger partial charge in [0.15, 0.2) is 0 Å². The smallest absolute Gasteiger partial charge is 0.239 e. The number of aliphatic hydroxyl groups excluding tert-OH is 1. The Hall–Kier alpha value is -2.86. The number of carbonyl (C=O) groups excluding carboxylic acids is 2. The van der Waals surface area contributed by atoms with Gasteiger partial charge in [0.05, 0.1) is 12.1 Å². The van der Waals surface area contributed by atoms with Crippen molar-refractivity contribution in [2.45, 2.75) is 32.4 Å². The summed E-state index contributed by atoms with van der Waals surface area (Å²) in [5, 5.41) is 19.1. The van der Waals surface area contributed by atoms with E-state index in [1.165, 1.54) is 0 Å². The van der Waals surface area contributed by atoms with Gasteiger partial charge in [0.2, 0.25) is 11.8 Å². The molecule has 0 saturated carbocycles. The highest BCUT2D eigenvalue weighted by Crippen LogP contribution is 2.24. The Morgan fingerprint density at radius 3 is 2.26 bits per heavy atom. The topological polar surface area (TPSA) is 90.5 Å². The van der Waals surface area contributed by atoms with Crippen molar-refractivity contribution in [3.05, 3.63) is 54.6 Å². The quantitative estimate of drug-likeness (QED) is 0.591. The lowest BCUT2D eigenvalue weighted by atomic mass is 9.94. The van der Waals surface area contributed by atoms with Gasteiger partial charge < -0.3 is 21.1 Å². The van der Waals surface area contributed by atoms with Gasteiger partial charge in [-0.2, -0.15) is 0 Å². The number of amides is 2. The molecule has 0 aliphatic carbocycles. The van der Waals surface area contributed by atoms with Crippen molar-refractivity contribution in [2.75, 3.05) is 10.6 Å². The van der Waals surface area contributed by atoms with Crippen LogP contribution >= 0.6 is 0 Å². The number of carbonyl (C=O) groups is 2. The molecule has 3 atom stereocenters. The molecule has 0 radical (unpaired) electrons. The van der Waals surface area contributed by atoms with E-state index in [9.17, 15) is 14.7 Å². The van der Waals surface area contributed by atoms with Gasteiger partial charge in [-0.25, -0.2) is 0 Å². The number of hydrogen-bond acceptors (Lipinski definition) is 4. The van der Waals surface area contributed by atoms with Crippen LogP contribution in [-0.2, 0) is 9.59 Å². The van der Waals surface area contributed by atoms with Gasteiger partial charge in [0.1, 0.15) is 5.92 Å². The lowest BCUT2D eigenvalue weighted by molar-refractivity contribution is -0.132. The van der Waals surface area contributed by atoms with Gasteiger partial charge >= 0.3 is 0 Å². The van der Waals surface area contributed by atoms with Crippen LogP contribution in [0.25, 0.3) is 0 Å². The summed E-state index contributed by atoms with van der Waals surface area (Å²) < 4.78 is 0. The van der Waals surface area contributed by atoms with Crippen LogP contribution in [0.2, 0.25) is 0 Å². The number of para-hydroxylation sites is 1. The SMILES string of the molecule is CC(C)CC1NC(=O)C(C(=O)Nc2ccc(Nc3ccccc3)cc2)C1O. The molecule has 1 aliphatic rings. The molecule has 6 nitrogen and oxygen atoms in total. The van der Waals surface area contributed by atoms with Crippen LogP contribution in [0.3, 0.4) is 0 Å². The largest absolute Gasteiger partial charge is 0.390 e. The number of hydrogen-bond donors (Lipinski definition) is 4. The van der Waals surface area contributed by atoms with Gasteiger partial charge in [-0.3, -0.25) is 9.59 Å². The molecule has 1 fully saturated rings. The molecule has 6 heteroatoms. The molecule has 2 aromatic rings. The van der Waals surface area contributed by atoms with Gasteiger partial charge in [-0.1, -0.05) is 32.0 Å². The van der Waals surface area contributed by atoms with Crippen LogP contribution in [0.1, 0.15) is 20.3 Å². The van der Waals surface area contributed by atoms with Crippen molar-refractivity contribution in [1.29, 1.82) is 0 Å². The van der Waals surface area contributed by atoms with Crippen molar-refractivity contribution >= 4 is 28.9 Å². The second kappa shape index (κ2) is 8.22. The summed E-state index contributed by atoms with van der Waals surface area (Å²) in [4.78, 5) is 24.6. The van der Waals surface area contributed by atoms with Crippen LogP contribution in [0.4, 0.5) is 17.1 Å². The summed E-state index contributed by atoms with van der Waals surface area (Å²) in [6.07, 6.45) is -0.379. The molecule has 3 unspecified atom stereocenters. The fraction of sp³-hybridized carbons (Fsp3) is 0.333. The average Bonchev–Trinajstić information content (AvgIpc) is 2.90. The summed E-state index contributed by atoms with van der Waals surface area (Å²) in [7, 11) is 0. The lowest BCUT2D eigenvalue weighted by Gasteiger charge is -2.18. The molecule has 2 aromatic carbocycles. The van der Waals surface area contributed by atoms with Crippen LogP contribution in [0.15, 0.2) is 54.6 Å². The fourth-order valence-corrected chi connectivity index (χ4v) is 3.27. The zero-order valence-corrected chi connectivity index (χ0v) is 15.5. The monoisotopic (exact) mass is 367 g/mol. The maximum atomic E-state index is 12.5. The van der Waals surface area contributed by atoms with E-state index in [1.54, 1.807) is 12.1 Å². The average molecular weight is 367 g/mol. The maximum absolute atomic E-state index is 12.5. The van der Waals surface area contributed by atoms with Gasteiger partial charge in [-0.15, -0.1) is 0 Å². The predicted molar refractivity (Wildman–Crippen MR) is 106 cm³/mol. The first-order chi connectivity index (χ1) is 12.9. The normalized spacial score (nSPS) is 21.8. The molecule has 4 N–H and O–H groups in total. The molecule has 1 saturated heterocycles. The van der Waals surface area contributed by atoms with Crippen molar-refractivity contribution in [3.63, 3.8) is 0 Å². The van der Waals surface area contributed by atoms with E-state index in [1.807, 2.05) is 56.3 Å². The minimum Gasteiger partial charge on any atom is -0.390 e. The molecule has 1 aliphatic heterocycles. The van der Waals surface area contributed by atoms with E-state index in [2.05, 4.69) is 16.0 Å². The van der Waals surface area contributed by atoms with Gasteiger partial charge in [0.25, 0.3) is 0 Å². The minimum absolute atomic E-state index is 0.316. The Bertz CT molecular complexity index is 790. The summed E-state index contributed by atoms with van der Waals surface area (Å²) >= 11 is 0. The van der Waals surface area contributed by atoms with Crippen molar-refractivity contribution in [2.24, 2.45) is 11.8 Å². The standard InChI is InChI=1S/C21H25N3O3/c1-13(2)12-17-19(25)18(21(27)24-17)20(26)23-16-10-8-15(9-11-16)22-14-6-4-3-5-7-14/h3-11,13,17-19,22,25H,12H2,1-2H3,(H,23,26)(H,24,27). The maximum Gasteiger partial charge on any atom is 0.239 e. The first kappa shape index (κ1) is 18.9. The molecule has 27 heavy (non-hydrogen) atoms. The molecular weight excluding hydrogens is 342 g/mol. The van der Waals surface area contributed by atoms with Gasteiger partial charge in [-0.05, 0) is 48.7 Å². The lowest BCUT2D eigenvalue weighted by Crippen LogP contribution is -2.36. The first-order valence-corrected chi connectivity index (χ1v) is 9.15. The molecule has 142 valence electrons. The number of aliphatic hydroxyl groups is 1. The Kier molecular flexibility index (Phi) is 5.76. The summed E-state index contributed by atoms with van der Waals surface area (Å²) in [6.45, 7) is 4.02. The van der Waals surface area contributed by atoms with Crippen molar-refractivity contribution in [3.8, 4) is 0 Å². The Balaban J connectivity index is 1.61. The van der Waals surface area contributed by atoms with E-state index in [-0.39, 0.29) is 6.04 Å². The predicted octanol–water partition coefficient (Wildman–Crippen LogP) is 2.89. The Labute approximate surface area is 159 Å². The van der Waals surface area contributed by atoms with E-state index in [4.69, 9.17) is 0 Å². The Morgan fingerprint density at radius 1 is 1.04 bits per heavy atom. The van der Waals surface area contributed by atoms with Gasteiger partial charge in [0, 0.05) is 17.1 Å². The molecule has 2 amide bonds. The van der Waals surface area contributed by atoms with Crippen LogP contribution in [0, 0.1) is 11.8 Å². The minimum atomic E-state index is -1.09.